The summed E-state index contributed by atoms with van der Waals surface area (Å²) in [6.45, 7) is 0. The number of hydrogen-bond acceptors (Lipinski definition) is 5. The number of benzene rings is 1. The van der Waals surface area contributed by atoms with Crippen LogP contribution in [0.5, 0.6) is 0 Å². The molecule has 5 nitrogen and oxygen atoms in total. The van der Waals surface area contributed by atoms with Crippen LogP contribution in [-0.2, 0) is 10.0 Å². The van der Waals surface area contributed by atoms with Gasteiger partial charge in [-0.2, -0.15) is 4.98 Å². The SMILES string of the molecule is O=S(=O)(Nc1nc2cc(Cl)ccc2o1)c1cccs1. The Morgan fingerprint density at radius 2 is 2.16 bits per heavy atom. The minimum absolute atomic E-state index is 0.0781. The second-order valence-electron chi connectivity index (χ2n) is 3.67. The van der Waals surface area contributed by atoms with Crippen molar-refractivity contribution in [1.82, 2.24) is 4.98 Å². The highest BCUT2D eigenvalue weighted by atomic mass is 35.5. The summed E-state index contributed by atoms with van der Waals surface area (Å²) in [5, 5.41) is 2.19. The molecule has 3 rings (SSSR count). The lowest BCUT2D eigenvalue weighted by molar-refractivity contribution is 0.593. The van der Waals surface area contributed by atoms with E-state index >= 15 is 0 Å². The van der Waals surface area contributed by atoms with Crippen molar-refractivity contribution in [1.29, 1.82) is 0 Å². The number of hydrogen-bond donors (Lipinski definition) is 1. The van der Waals surface area contributed by atoms with Crippen LogP contribution in [0.25, 0.3) is 11.1 Å². The lowest BCUT2D eigenvalue weighted by atomic mass is 10.3. The Morgan fingerprint density at radius 3 is 2.89 bits per heavy atom. The molecular weight excluding hydrogens is 308 g/mol. The van der Waals surface area contributed by atoms with Crippen LogP contribution < -0.4 is 4.72 Å². The average molecular weight is 315 g/mol. The van der Waals surface area contributed by atoms with Crippen LogP contribution in [0.4, 0.5) is 6.01 Å². The van der Waals surface area contributed by atoms with E-state index < -0.39 is 10.0 Å². The van der Waals surface area contributed by atoms with E-state index in [-0.39, 0.29) is 10.2 Å². The zero-order chi connectivity index (χ0) is 13.5. The summed E-state index contributed by atoms with van der Waals surface area (Å²) in [7, 11) is -3.65. The molecule has 0 bridgehead atoms. The Morgan fingerprint density at radius 1 is 1.32 bits per heavy atom. The first-order valence-electron chi connectivity index (χ1n) is 5.17. The number of oxazole rings is 1. The third kappa shape index (κ3) is 2.44. The van der Waals surface area contributed by atoms with Crippen LogP contribution >= 0.6 is 22.9 Å². The number of nitrogens with zero attached hydrogens (tertiary/aromatic N) is 1. The highest BCUT2D eigenvalue weighted by Gasteiger charge is 2.18. The maximum absolute atomic E-state index is 12.0. The third-order valence-electron chi connectivity index (χ3n) is 2.33. The number of fused-ring (bicyclic) bond motifs is 1. The van der Waals surface area contributed by atoms with Crippen molar-refractivity contribution in [3.05, 3.63) is 40.7 Å². The van der Waals surface area contributed by atoms with Gasteiger partial charge < -0.3 is 4.42 Å². The van der Waals surface area contributed by atoms with E-state index in [0.29, 0.717) is 16.1 Å². The normalized spacial score (nSPS) is 11.8. The average Bonchev–Trinajstić information content (AvgIpc) is 2.95. The number of thiophene rings is 1. The topological polar surface area (TPSA) is 72.2 Å². The molecule has 2 aromatic heterocycles. The summed E-state index contributed by atoms with van der Waals surface area (Å²) in [5.41, 5.74) is 0.963. The zero-order valence-electron chi connectivity index (χ0n) is 9.33. The van der Waals surface area contributed by atoms with Crippen molar-refractivity contribution < 1.29 is 12.8 Å². The second-order valence-corrected chi connectivity index (χ2v) is 6.96. The predicted molar refractivity (Wildman–Crippen MR) is 74.1 cm³/mol. The Bertz CT molecular complexity index is 825. The Hall–Kier alpha value is -1.57. The molecule has 0 radical (unpaired) electrons. The standard InChI is InChI=1S/C11H7ClN2O3S2/c12-7-3-4-9-8(6-7)13-11(17-9)14-19(15,16)10-2-1-5-18-10/h1-6H,(H,13,14). The molecule has 0 aliphatic rings. The van der Waals surface area contributed by atoms with Gasteiger partial charge in [-0.3, -0.25) is 0 Å². The zero-order valence-corrected chi connectivity index (χ0v) is 11.7. The van der Waals surface area contributed by atoms with Gasteiger partial charge in [-0.15, -0.1) is 11.3 Å². The quantitative estimate of drug-likeness (QED) is 0.804. The van der Waals surface area contributed by atoms with Crippen molar-refractivity contribution in [2.75, 3.05) is 4.72 Å². The Kier molecular flexibility index (Phi) is 2.96. The lowest BCUT2D eigenvalue weighted by Gasteiger charge is -2.00. The van der Waals surface area contributed by atoms with Crippen LogP contribution in [0.2, 0.25) is 5.02 Å². The van der Waals surface area contributed by atoms with Gasteiger partial charge in [0.15, 0.2) is 5.58 Å². The fraction of sp³-hybridized carbons (Fsp3) is 0. The number of aromatic nitrogens is 1. The molecule has 0 aliphatic heterocycles. The van der Waals surface area contributed by atoms with Gasteiger partial charge in [-0.25, -0.2) is 13.1 Å². The van der Waals surface area contributed by atoms with Gasteiger partial charge in [0.25, 0.3) is 10.0 Å². The van der Waals surface area contributed by atoms with Gasteiger partial charge in [0, 0.05) is 5.02 Å². The molecular formula is C11H7ClN2O3S2. The molecule has 0 spiro atoms. The Labute approximate surface area is 117 Å². The molecule has 0 saturated carbocycles. The van der Waals surface area contributed by atoms with Crippen molar-refractivity contribution in [3.8, 4) is 0 Å². The smallest absolute Gasteiger partial charge is 0.309 e. The van der Waals surface area contributed by atoms with Gasteiger partial charge in [-0.1, -0.05) is 17.7 Å². The number of halogens is 1. The van der Waals surface area contributed by atoms with E-state index in [2.05, 4.69) is 9.71 Å². The van der Waals surface area contributed by atoms with E-state index in [1.807, 2.05) is 0 Å². The van der Waals surface area contributed by atoms with Gasteiger partial charge in [0.05, 0.1) is 0 Å². The highest BCUT2D eigenvalue weighted by molar-refractivity contribution is 7.94. The highest BCUT2D eigenvalue weighted by Crippen LogP contribution is 2.25. The van der Waals surface area contributed by atoms with Crippen LogP contribution in [0.1, 0.15) is 0 Å². The largest absolute Gasteiger partial charge is 0.423 e. The number of sulfonamides is 1. The molecule has 0 atom stereocenters. The van der Waals surface area contributed by atoms with E-state index in [9.17, 15) is 8.42 Å². The third-order valence-corrected chi connectivity index (χ3v) is 5.28. The van der Waals surface area contributed by atoms with Crippen LogP contribution in [0, 0.1) is 0 Å². The van der Waals surface area contributed by atoms with Gasteiger partial charge in [-0.05, 0) is 29.6 Å². The summed E-state index contributed by atoms with van der Waals surface area (Å²) in [5.74, 6) is 0. The van der Waals surface area contributed by atoms with Gasteiger partial charge in [0.1, 0.15) is 9.73 Å². The monoisotopic (exact) mass is 314 g/mol. The summed E-state index contributed by atoms with van der Waals surface area (Å²) in [6, 6.07) is 7.96. The molecule has 0 amide bonds. The second kappa shape index (κ2) is 4.52. The van der Waals surface area contributed by atoms with E-state index in [1.165, 1.54) is 6.07 Å². The van der Waals surface area contributed by atoms with E-state index in [4.69, 9.17) is 16.0 Å². The molecule has 0 fully saturated rings. The number of nitrogens with one attached hydrogen (secondary N) is 1. The fourth-order valence-corrected chi connectivity index (χ4v) is 3.61. The lowest BCUT2D eigenvalue weighted by Crippen LogP contribution is -2.11. The molecule has 98 valence electrons. The molecule has 1 aromatic carbocycles. The number of anilines is 1. The molecule has 8 heteroatoms. The first-order valence-corrected chi connectivity index (χ1v) is 7.91. The maximum Gasteiger partial charge on any atom is 0.309 e. The van der Waals surface area contributed by atoms with Gasteiger partial charge >= 0.3 is 6.01 Å². The van der Waals surface area contributed by atoms with E-state index in [1.54, 1.807) is 29.6 Å². The van der Waals surface area contributed by atoms with Crippen molar-refractivity contribution >= 4 is 50.1 Å². The Balaban J connectivity index is 1.98. The summed E-state index contributed by atoms with van der Waals surface area (Å²) >= 11 is 6.94. The molecule has 0 aliphatic carbocycles. The minimum atomic E-state index is -3.65. The van der Waals surface area contributed by atoms with Crippen molar-refractivity contribution in [2.24, 2.45) is 0 Å². The van der Waals surface area contributed by atoms with E-state index in [0.717, 1.165) is 11.3 Å². The summed E-state index contributed by atoms with van der Waals surface area (Å²) < 4.78 is 31.8. The predicted octanol–water partition coefficient (Wildman–Crippen LogP) is 3.34. The molecule has 19 heavy (non-hydrogen) atoms. The van der Waals surface area contributed by atoms with Crippen molar-refractivity contribution in [2.45, 2.75) is 4.21 Å². The summed E-state index contributed by atoms with van der Waals surface area (Å²) in [6.07, 6.45) is 0. The summed E-state index contributed by atoms with van der Waals surface area (Å²) in [4.78, 5) is 4.03. The number of rotatable bonds is 3. The van der Waals surface area contributed by atoms with Crippen LogP contribution in [0.3, 0.4) is 0 Å². The molecule has 3 aromatic rings. The van der Waals surface area contributed by atoms with Crippen molar-refractivity contribution in [3.63, 3.8) is 0 Å². The van der Waals surface area contributed by atoms with Crippen LogP contribution in [0.15, 0.2) is 44.3 Å². The molecule has 0 unspecified atom stereocenters. The molecule has 1 N–H and O–H groups in total. The minimum Gasteiger partial charge on any atom is -0.423 e. The van der Waals surface area contributed by atoms with Crippen LogP contribution in [-0.4, -0.2) is 13.4 Å². The van der Waals surface area contributed by atoms with Gasteiger partial charge in [0.2, 0.25) is 0 Å². The maximum atomic E-state index is 12.0. The molecule has 2 heterocycles. The first-order chi connectivity index (χ1) is 9.04. The fourth-order valence-electron chi connectivity index (χ4n) is 1.53. The first kappa shape index (κ1) is 12.5. The molecule has 0 saturated heterocycles.